The van der Waals surface area contributed by atoms with E-state index < -0.39 is 0 Å². The molecule has 0 saturated heterocycles. The molecule has 19 heavy (non-hydrogen) atoms. The molecule has 2 N–H and O–H groups in total. The fourth-order valence-corrected chi connectivity index (χ4v) is 2.36. The summed E-state index contributed by atoms with van der Waals surface area (Å²) in [5.41, 5.74) is 9.89. The molecule has 0 amide bonds. The number of pyridine rings is 1. The first-order chi connectivity index (χ1) is 9.11. The van der Waals surface area contributed by atoms with Gasteiger partial charge in [-0.1, -0.05) is 34.1 Å². The zero-order chi connectivity index (χ0) is 13.8. The summed E-state index contributed by atoms with van der Waals surface area (Å²) in [5.74, 6) is 0.635. The van der Waals surface area contributed by atoms with Crippen molar-refractivity contribution in [3.8, 4) is 5.88 Å². The van der Waals surface area contributed by atoms with Crippen LogP contribution in [0.4, 0.5) is 0 Å². The molecule has 0 bridgehead atoms. The van der Waals surface area contributed by atoms with Crippen molar-refractivity contribution in [2.45, 2.75) is 27.0 Å². The molecule has 2 aromatic rings. The topological polar surface area (TPSA) is 48.1 Å². The summed E-state index contributed by atoms with van der Waals surface area (Å²) in [6.07, 6.45) is 0. The quantitative estimate of drug-likeness (QED) is 0.937. The van der Waals surface area contributed by atoms with Crippen LogP contribution in [-0.4, -0.2) is 4.98 Å². The maximum atomic E-state index is 5.84. The molecule has 100 valence electrons. The zero-order valence-electron chi connectivity index (χ0n) is 11.1. The fraction of sp³-hybridized carbons (Fsp3) is 0.267. The molecule has 0 aliphatic carbocycles. The molecule has 0 saturated carbocycles. The zero-order valence-corrected chi connectivity index (χ0v) is 12.7. The summed E-state index contributed by atoms with van der Waals surface area (Å²) >= 11 is 3.51. The molecule has 4 heteroatoms. The van der Waals surface area contributed by atoms with Gasteiger partial charge in [-0.05, 0) is 31.5 Å². The Bertz CT molecular complexity index is 584. The number of benzene rings is 1. The van der Waals surface area contributed by atoms with Crippen molar-refractivity contribution >= 4 is 15.9 Å². The number of aromatic nitrogens is 1. The first-order valence-corrected chi connectivity index (χ1v) is 6.94. The van der Waals surface area contributed by atoms with E-state index in [4.69, 9.17) is 10.5 Å². The maximum Gasteiger partial charge on any atom is 0.218 e. The van der Waals surface area contributed by atoms with Crippen LogP contribution in [0.3, 0.4) is 0 Å². The van der Waals surface area contributed by atoms with E-state index in [9.17, 15) is 0 Å². The van der Waals surface area contributed by atoms with Gasteiger partial charge in [0.2, 0.25) is 5.88 Å². The summed E-state index contributed by atoms with van der Waals surface area (Å²) in [5, 5.41) is 0. The molecular weight excluding hydrogens is 304 g/mol. The van der Waals surface area contributed by atoms with Crippen LogP contribution in [0.2, 0.25) is 0 Å². The molecule has 1 heterocycles. The van der Waals surface area contributed by atoms with Gasteiger partial charge in [-0.3, -0.25) is 0 Å². The first-order valence-electron chi connectivity index (χ1n) is 6.15. The highest BCUT2D eigenvalue weighted by atomic mass is 79.9. The van der Waals surface area contributed by atoms with E-state index >= 15 is 0 Å². The average Bonchev–Trinajstić information content (AvgIpc) is 2.37. The van der Waals surface area contributed by atoms with Gasteiger partial charge in [0.25, 0.3) is 0 Å². The molecule has 0 unspecified atom stereocenters. The van der Waals surface area contributed by atoms with Crippen molar-refractivity contribution in [2.24, 2.45) is 5.73 Å². The summed E-state index contributed by atoms with van der Waals surface area (Å²) in [6, 6.07) is 10.0. The highest BCUT2D eigenvalue weighted by Gasteiger charge is 2.09. The molecular formula is C15H17BrN2O. The van der Waals surface area contributed by atoms with Crippen LogP contribution in [0.25, 0.3) is 0 Å². The minimum Gasteiger partial charge on any atom is -0.473 e. The molecule has 0 aliphatic rings. The number of hydrogen-bond acceptors (Lipinski definition) is 3. The number of nitrogens with two attached hydrogens (primary N) is 1. The minimum absolute atomic E-state index is 0.435. The summed E-state index contributed by atoms with van der Waals surface area (Å²) in [6.45, 7) is 4.90. The highest BCUT2D eigenvalue weighted by Crippen LogP contribution is 2.23. The molecule has 3 nitrogen and oxygen atoms in total. The summed E-state index contributed by atoms with van der Waals surface area (Å²) in [4.78, 5) is 4.43. The van der Waals surface area contributed by atoms with Crippen LogP contribution in [0.5, 0.6) is 5.88 Å². The van der Waals surface area contributed by atoms with Gasteiger partial charge in [0.1, 0.15) is 6.61 Å². The lowest BCUT2D eigenvalue weighted by molar-refractivity contribution is 0.289. The Balaban J connectivity index is 2.22. The normalized spacial score (nSPS) is 10.5. The number of hydrogen-bond donors (Lipinski definition) is 1. The smallest absolute Gasteiger partial charge is 0.218 e. The Morgan fingerprint density at radius 1 is 1.26 bits per heavy atom. The van der Waals surface area contributed by atoms with Crippen LogP contribution >= 0.6 is 15.9 Å². The van der Waals surface area contributed by atoms with Gasteiger partial charge in [-0.25, -0.2) is 4.98 Å². The van der Waals surface area contributed by atoms with Gasteiger partial charge in [-0.15, -0.1) is 0 Å². The Morgan fingerprint density at radius 3 is 2.68 bits per heavy atom. The Hall–Kier alpha value is -1.39. The molecule has 0 aliphatic heterocycles. The van der Waals surface area contributed by atoms with Crippen LogP contribution < -0.4 is 10.5 Å². The molecule has 1 aromatic carbocycles. The third kappa shape index (κ3) is 3.33. The van der Waals surface area contributed by atoms with E-state index in [1.807, 2.05) is 44.2 Å². The number of halogens is 1. The van der Waals surface area contributed by atoms with Crippen LogP contribution in [0, 0.1) is 13.8 Å². The van der Waals surface area contributed by atoms with Gasteiger partial charge in [-0.2, -0.15) is 0 Å². The van der Waals surface area contributed by atoms with Crippen molar-refractivity contribution in [3.63, 3.8) is 0 Å². The predicted octanol–water partition coefficient (Wildman–Crippen LogP) is 3.50. The third-order valence-electron chi connectivity index (χ3n) is 2.96. The standard InChI is InChI=1S/C15H17BrN2O/c1-10-7-11(2)18-15(13(10)8-17)19-9-12-5-3-4-6-14(12)16/h3-7H,8-9,17H2,1-2H3. The Labute approximate surface area is 121 Å². The molecule has 0 fully saturated rings. The molecule has 0 atom stereocenters. The molecule has 0 radical (unpaired) electrons. The van der Waals surface area contributed by atoms with Crippen LogP contribution in [0.1, 0.15) is 22.4 Å². The Kier molecular flexibility index (Phi) is 4.56. The van der Waals surface area contributed by atoms with Crippen LogP contribution in [-0.2, 0) is 13.2 Å². The third-order valence-corrected chi connectivity index (χ3v) is 3.74. The number of ether oxygens (including phenoxy) is 1. The van der Waals surface area contributed by atoms with E-state index in [1.54, 1.807) is 0 Å². The van der Waals surface area contributed by atoms with Gasteiger partial charge >= 0.3 is 0 Å². The van der Waals surface area contributed by atoms with Crippen molar-refractivity contribution < 1.29 is 4.74 Å². The van der Waals surface area contributed by atoms with Gasteiger partial charge in [0, 0.05) is 27.8 Å². The van der Waals surface area contributed by atoms with E-state index in [1.165, 1.54) is 0 Å². The fourth-order valence-electron chi connectivity index (χ4n) is 1.96. The van der Waals surface area contributed by atoms with Gasteiger partial charge in [0.05, 0.1) is 0 Å². The van der Waals surface area contributed by atoms with E-state index in [-0.39, 0.29) is 0 Å². The van der Waals surface area contributed by atoms with E-state index in [0.29, 0.717) is 19.0 Å². The maximum absolute atomic E-state index is 5.84. The highest BCUT2D eigenvalue weighted by molar-refractivity contribution is 9.10. The predicted molar refractivity (Wildman–Crippen MR) is 80.1 cm³/mol. The minimum atomic E-state index is 0.435. The largest absolute Gasteiger partial charge is 0.473 e. The van der Waals surface area contributed by atoms with E-state index in [0.717, 1.165) is 26.9 Å². The van der Waals surface area contributed by atoms with Gasteiger partial charge in [0.15, 0.2) is 0 Å². The van der Waals surface area contributed by atoms with Gasteiger partial charge < -0.3 is 10.5 Å². The molecule has 0 spiro atoms. The lowest BCUT2D eigenvalue weighted by atomic mass is 10.1. The Morgan fingerprint density at radius 2 is 2.00 bits per heavy atom. The van der Waals surface area contributed by atoms with E-state index in [2.05, 4.69) is 20.9 Å². The lowest BCUT2D eigenvalue weighted by Crippen LogP contribution is -2.07. The second-order valence-electron chi connectivity index (χ2n) is 4.45. The SMILES string of the molecule is Cc1cc(C)c(CN)c(OCc2ccccc2Br)n1. The number of rotatable bonds is 4. The monoisotopic (exact) mass is 320 g/mol. The number of aryl methyl sites for hydroxylation is 2. The second kappa shape index (κ2) is 6.17. The van der Waals surface area contributed by atoms with Crippen molar-refractivity contribution in [1.82, 2.24) is 4.98 Å². The summed E-state index contributed by atoms with van der Waals surface area (Å²) < 4.78 is 6.87. The van der Waals surface area contributed by atoms with Crippen LogP contribution in [0.15, 0.2) is 34.8 Å². The van der Waals surface area contributed by atoms with Crippen molar-refractivity contribution in [2.75, 3.05) is 0 Å². The molecule has 1 aromatic heterocycles. The first kappa shape index (κ1) is 14.0. The van der Waals surface area contributed by atoms with Crippen molar-refractivity contribution in [3.05, 3.63) is 57.2 Å². The number of nitrogens with zero attached hydrogens (tertiary/aromatic N) is 1. The average molecular weight is 321 g/mol. The second-order valence-corrected chi connectivity index (χ2v) is 5.30. The molecule has 2 rings (SSSR count). The summed E-state index contributed by atoms with van der Waals surface area (Å²) in [7, 11) is 0. The lowest BCUT2D eigenvalue weighted by Gasteiger charge is -2.13. The van der Waals surface area contributed by atoms with Crippen molar-refractivity contribution in [1.29, 1.82) is 0 Å².